The van der Waals surface area contributed by atoms with Gasteiger partial charge in [-0.1, -0.05) is 0 Å². The summed E-state index contributed by atoms with van der Waals surface area (Å²) in [4.78, 5) is 14.0. The van der Waals surface area contributed by atoms with Gasteiger partial charge in [-0.05, 0) is 36.4 Å². The van der Waals surface area contributed by atoms with Crippen LogP contribution in [0.4, 0.5) is 21.9 Å². The van der Waals surface area contributed by atoms with Crippen molar-refractivity contribution in [3.05, 3.63) is 42.5 Å². The van der Waals surface area contributed by atoms with Gasteiger partial charge in [0.15, 0.2) is 11.5 Å². The van der Waals surface area contributed by atoms with Crippen molar-refractivity contribution < 1.29 is 15.0 Å². The van der Waals surface area contributed by atoms with Crippen molar-refractivity contribution in [2.75, 3.05) is 40.4 Å². The van der Waals surface area contributed by atoms with Crippen LogP contribution in [0, 0.1) is 0 Å². The lowest BCUT2D eigenvalue weighted by Crippen LogP contribution is -2.27. The summed E-state index contributed by atoms with van der Waals surface area (Å²) in [6.07, 6.45) is 0. The highest BCUT2D eigenvalue weighted by Crippen LogP contribution is 2.27. The van der Waals surface area contributed by atoms with Crippen molar-refractivity contribution in [1.29, 1.82) is 0 Å². The fraction of sp³-hybridized carbons (Fsp3) is 0.235. The normalized spacial score (nSPS) is 10.3. The summed E-state index contributed by atoms with van der Waals surface area (Å²) >= 11 is 11.6. The largest absolute Gasteiger partial charge is 0.504 e. The van der Waals surface area contributed by atoms with Crippen LogP contribution in [0.25, 0.3) is 0 Å². The minimum absolute atomic E-state index is 0.250. The van der Waals surface area contributed by atoms with Crippen LogP contribution >= 0.6 is 23.2 Å². The summed E-state index contributed by atoms with van der Waals surface area (Å²) in [5.41, 5.74) is 1.94. The first-order valence-electron chi connectivity index (χ1n) is 7.60. The number of halogens is 2. The van der Waals surface area contributed by atoms with E-state index >= 15 is 0 Å². The molecule has 134 valence electrons. The predicted molar refractivity (Wildman–Crippen MR) is 103 cm³/mol. The molecule has 0 saturated carbocycles. The molecule has 2 aromatic rings. The summed E-state index contributed by atoms with van der Waals surface area (Å²) < 4.78 is 0. The van der Waals surface area contributed by atoms with Crippen LogP contribution in [0.15, 0.2) is 42.5 Å². The first kappa shape index (κ1) is 19.0. The van der Waals surface area contributed by atoms with Gasteiger partial charge in [-0.25, -0.2) is 4.79 Å². The Labute approximate surface area is 156 Å². The number of benzene rings is 2. The van der Waals surface area contributed by atoms with E-state index in [-0.39, 0.29) is 11.5 Å². The van der Waals surface area contributed by atoms with Crippen molar-refractivity contribution in [1.82, 2.24) is 0 Å². The monoisotopic (exact) mass is 383 g/mol. The van der Waals surface area contributed by atoms with Gasteiger partial charge in [0.05, 0.1) is 0 Å². The third-order valence-corrected chi connectivity index (χ3v) is 3.77. The highest BCUT2D eigenvalue weighted by molar-refractivity contribution is 6.18. The van der Waals surface area contributed by atoms with Crippen molar-refractivity contribution in [3.63, 3.8) is 0 Å². The Balaban J connectivity index is 1.97. The van der Waals surface area contributed by atoms with Gasteiger partial charge in [0.2, 0.25) is 0 Å². The Hall–Kier alpha value is -2.31. The Bertz CT molecular complexity index is 705. The highest BCUT2D eigenvalue weighted by atomic mass is 35.5. The number of nitrogens with zero attached hydrogens (tertiary/aromatic N) is 1. The number of phenolic OH excluding ortho intramolecular Hbond substituents is 2. The smallest absolute Gasteiger partial charge is 0.323 e. The van der Waals surface area contributed by atoms with Crippen molar-refractivity contribution in [2.45, 2.75) is 0 Å². The maximum atomic E-state index is 12.0. The van der Waals surface area contributed by atoms with E-state index in [1.165, 1.54) is 18.2 Å². The molecule has 6 nitrogen and oxygen atoms in total. The summed E-state index contributed by atoms with van der Waals surface area (Å²) in [6, 6.07) is 10.9. The highest BCUT2D eigenvalue weighted by Gasteiger charge is 2.08. The van der Waals surface area contributed by atoms with E-state index in [4.69, 9.17) is 23.2 Å². The van der Waals surface area contributed by atoms with Crippen molar-refractivity contribution in [2.24, 2.45) is 0 Å². The molecule has 8 heteroatoms. The fourth-order valence-corrected chi connectivity index (χ4v) is 2.63. The van der Waals surface area contributed by atoms with Gasteiger partial charge < -0.3 is 25.7 Å². The van der Waals surface area contributed by atoms with Crippen LogP contribution in [0.3, 0.4) is 0 Å². The Kier molecular flexibility index (Phi) is 7.03. The van der Waals surface area contributed by atoms with E-state index in [2.05, 4.69) is 15.5 Å². The molecule has 0 aliphatic rings. The zero-order valence-corrected chi connectivity index (χ0v) is 14.9. The van der Waals surface area contributed by atoms with E-state index in [0.717, 1.165) is 5.69 Å². The number of hydrogen-bond acceptors (Lipinski definition) is 4. The molecule has 0 saturated heterocycles. The quantitative estimate of drug-likeness (QED) is 0.330. The molecule has 0 aromatic heterocycles. The molecule has 4 N–H and O–H groups in total. The second-order valence-corrected chi connectivity index (χ2v) is 5.95. The second kappa shape index (κ2) is 9.25. The number of rotatable bonds is 7. The van der Waals surface area contributed by atoms with E-state index in [0.29, 0.717) is 36.2 Å². The third-order valence-electron chi connectivity index (χ3n) is 3.43. The maximum absolute atomic E-state index is 12.0. The molecule has 0 unspecified atom stereocenters. The minimum Gasteiger partial charge on any atom is -0.504 e. The molecule has 0 bridgehead atoms. The molecule has 0 fully saturated rings. The number of anilines is 3. The SMILES string of the molecule is O=C(Nc1ccc(N(CCCl)CCCl)cc1)Nc1ccc(O)c(O)c1. The number of aromatic hydroxyl groups is 2. The first-order valence-corrected chi connectivity index (χ1v) is 8.67. The Morgan fingerprint density at radius 2 is 1.44 bits per heavy atom. The van der Waals surface area contributed by atoms with Crippen LogP contribution in [0.1, 0.15) is 0 Å². The number of phenols is 2. The number of alkyl halides is 2. The number of amides is 2. The summed E-state index contributed by atoms with van der Waals surface area (Å²) in [5, 5.41) is 23.9. The van der Waals surface area contributed by atoms with Crippen molar-refractivity contribution in [3.8, 4) is 11.5 Å². The Morgan fingerprint density at radius 1 is 0.880 bits per heavy atom. The molecule has 25 heavy (non-hydrogen) atoms. The molecule has 2 rings (SSSR count). The third kappa shape index (κ3) is 5.62. The molecular formula is C17H19Cl2N3O3. The average molecular weight is 384 g/mol. The van der Waals surface area contributed by atoms with Crippen LogP contribution < -0.4 is 15.5 Å². The van der Waals surface area contributed by atoms with Gasteiger partial charge in [-0.2, -0.15) is 0 Å². The summed E-state index contributed by atoms with van der Waals surface area (Å²) in [5.74, 6) is 0.443. The molecule has 0 aliphatic heterocycles. The molecule has 0 aliphatic carbocycles. The van der Waals surface area contributed by atoms with Gasteiger partial charge in [0.1, 0.15) is 0 Å². The van der Waals surface area contributed by atoms with Gasteiger partial charge in [-0.3, -0.25) is 0 Å². The van der Waals surface area contributed by atoms with Crippen LogP contribution in [-0.4, -0.2) is 41.1 Å². The lowest BCUT2D eigenvalue weighted by atomic mass is 10.2. The lowest BCUT2D eigenvalue weighted by molar-refractivity contribution is 0.262. The molecule has 2 aromatic carbocycles. The number of nitrogens with one attached hydrogen (secondary N) is 2. The van der Waals surface area contributed by atoms with Gasteiger partial charge in [-0.15, -0.1) is 23.2 Å². The van der Waals surface area contributed by atoms with Crippen molar-refractivity contribution >= 4 is 46.3 Å². The molecule has 0 radical (unpaired) electrons. The first-order chi connectivity index (χ1) is 12.0. The maximum Gasteiger partial charge on any atom is 0.323 e. The van der Waals surface area contributed by atoms with Gasteiger partial charge >= 0.3 is 6.03 Å². The zero-order valence-electron chi connectivity index (χ0n) is 13.4. The number of urea groups is 1. The van der Waals surface area contributed by atoms with E-state index < -0.39 is 6.03 Å². The fourth-order valence-electron chi connectivity index (χ4n) is 2.22. The summed E-state index contributed by atoms with van der Waals surface area (Å²) in [7, 11) is 0. The molecule has 2 amide bonds. The zero-order chi connectivity index (χ0) is 18.2. The number of carbonyl (C=O) groups is 1. The Morgan fingerprint density at radius 3 is 2.00 bits per heavy atom. The predicted octanol–water partition coefficient (Wildman–Crippen LogP) is 4.03. The average Bonchev–Trinajstić information content (AvgIpc) is 2.59. The van der Waals surface area contributed by atoms with Crippen LogP contribution in [0.2, 0.25) is 0 Å². The molecular weight excluding hydrogens is 365 g/mol. The topological polar surface area (TPSA) is 84.8 Å². The van der Waals surface area contributed by atoms with Crippen LogP contribution in [-0.2, 0) is 0 Å². The van der Waals surface area contributed by atoms with Gasteiger partial charge in [0.25, 0.3) is 0 Å². The molecule has 0 spiro atoms. The molecule has 0 heterocycles. The minimum atomic E-state index is -0.462. The lowest BCUT2D eigenvalue weighted by Gasteiger charge is -2.23. The van der Waals surface area contributed by atoms with E-state index in [9.17, 15) is 15.0 Å². The van der Waals surface area contributed by atoms with Crippen LogP contribution in [0.5, 0.6) is 11.5 Å². The standard InChI is InChI=1S/C17H19Cl2N3O3/c18-7-9-22(10-8-19)14-4-1-12(2-5-14)20-17(25)21-13-3-6-15(23)16(24)11-13/h1-6,11,23-24H,7-10H2,(H2,20,21,25). The number of carbonyl (C=O) groups excluding carboxylic acids is 1. The summed E-state index contributed by atoms with van der Waals surface area (Å²) in [6.45, 7) is 1.37. The second-order valence-electron chi connectivity index (χ2n) is 5.19. The van der Waals surface area contributed by atoms with E-state index in [1.807, 2.05) is 12.1 Å². The van der Waals surface area contributed by atoms with E-state index in [1.54, 1.807) is 12.1 Å². The molecule has 0 atom stereocenters. The van der Waals surface area contributed by atoms with Gasteiger partial charge in [0, 0.05) is 48.0 Å². The number of hydrogen-bond donors (Lipinski definition) is 4.